The van der Waals surface area contributed by atoms with E-state index in [-0.39, 0.29) is 0 Å². The molecule has 0 spiro atoms. The van der Waals surface area contributed by atoms with Crippen molar-refractivity contribution >= 4 is 11.8 Å². The molecule has 0 N–H and O–H groups in total. The Morgan fingerprint density at radius 1 is 1.00 bits per heavy atom. The van der Waals surface area contributed by atoms with Crippen LogP contribution in [-0.2, 0) is 0 Å². The first kappa shape index (κ1) is 17.8. The van der Waals surface area contributed by atoms with Crippen molar-refractivity contribution in [1.29, 1.82) is 0 Å². The van der Waals surface area contributed by atoms with Crippen LogP contribution in [0, 0.1) is 0 Å². The van der Waals surface area contributed by atoms with Crippen molar-refractivity contribution in [3.05, 3.63) is 42.2 Å². The van der Waals surface area contributed by atoms with Crippen molar-refractivity contribution in [2.24, 2.45) is 0 Å². The largest absolute Gasteiger partial charge is 0.323 e. The first-order chi connectivity index (χ1) is 8.40. The van der Waals surface area contributed by atoms with Crippen LogP contribution in [0.15, 0.2) is 36.7 Å². The molecule has 0 aromatic carbocycles. The molecule has 0 saturated heterocycles. The molecule has 0 saturated carbocycles. The van der Waals surface area contributed by atoms with Gasteiger partial charge in [-0.15, -0.1) is 0 Å². The highest BCUT2D eigenvalue weighted by Crippen LogP contribution is 2.06. The van der Waals surface area contributed by atoms with E-state index in [0.717, 1.165) is 17.4 Å². The highest BCUT2D eigenvalue weighted by Gasteiger charge is 1.94. The Morgan fingerprint density at radius 2 is 1.59 bits per heavy atom. The van der Waals surface area contributed by atoms with Crippen molar-refractivity contribution in [2.45, 2.75) is 41.5 Å². The van der Waals surface area contributed by atoms with Crippen molar-refractivity contribution in [3.63, 3.8) is 0 Å². The van der Waals surface area contributed by atoms with Gasteiger partial charge in [-0.1, -0.05) is 47.6 Å². The number of nitrogens with zero attached hydrogens (tertiary/aromatic N) is 1. The number of carbonyl (C=O) groups is 1. The van der Waals surface area contributed by atoms with Gasteiger partial charge in [0.25, 0.3) is 0 Å². The second-order valence-electron chi connectivity index (χ2n) is 2.42. The number of fused-ring (bicyclic) bond motifs is 1. The van der Waals surface area contributed by atoms with Gasteiger partial charge >= 0.3 is 0 Å². The zero-order valence-electron chi connectivity index (χ0n) is 11.9. The van der Waals surface area contributed by atoms with Crippen molar-refractivity contribution in [2.75, 3.05) is 0 Å². The van der Waals surface area contributed by atoms with Crippen LogP contribution in [-0.4, -0.2) is 10.7 Å². The molecule has 2 heteroatoms. The summed E-state index contributed by atoms with van der Waals surface area (Å²) in [5.74, 6) is 0. The number of carbonyl (C=O) groups excluding carboxylic acids is 1. The predicted octanol–water partition coefficient (Wildman–Crippen LogP) is 4.83. The Morgan fingerprint density at radius 3 is 2.06 bits per heavy atom. The summed E-state index contributed by atoms with van der Waals surface area (Å²) in [7, 11) is 0. The van der Waals surface area contributed by atoms with Gasteiger partial charge in [0.05, 0.1) is 0 Å². The van der Waals surface area contributed by atoms with Crippen LogP contribution in [0.5, 0.6) is 0 Å². The lowest BCUT2D eigenvalue weighted by atomic mass is 10.3. The minimum Gasteiger partial charge on any atom is -0.323 e. The summed E-state index contributed by atoms with van der Waals surface area (Å²) in [6.45, 7) is 12.0. The molecule has 0 bridgehead atoms. The summed E-state index contributed by atoms with van der Waals surface area (Å²) in [4.78, 5) is 10.4. The maximum absolute atomic E-state index is 10.4. The molecule has 0 aliphatic rings. The van der Waals surface area contributed by atoms with Crippen LogP contribution in [0.3, 0.4) is 0 Å². The van der Waals surface area contributed by atoms with Gasteiger partial charge in [-0.05, 0) is 18.2 Å². The van der Waals surface area contributed by atoms with E-state index < -0.39 is 0 Å². The van der Waals surface area contributed by atoms with Gasteiger partial charge in [0.1, 0.15) is 0 Å². The van der Waals surface area contributed by atoms with Crippen LogP contribution >= 0.6 is 0 Å². The summed E-state index contributed by atoms with van der Waals surface area (Å²) in [6, 6.07) is 7.70. The molecule has 96 valence electrons. The lowest BCUT2D eigenvalue weighted by Crippen LogP contribution is -1.76. The Kier molecular flexibility index (Phi) is 13.1. The molecule has 0 aliphatic carbocycles. The fourth-order valence-electron chi connectivity index (χ4n) is 1.14. The molecule has 17 heavy (non-hydrogen) atoms. The zero-order valence-corrected chi connectivity index (χ0v) is 11.9. The summed E-state index contributed by atoms with van der Waals surface area (Å²) < 4.78 is 1.92. The molecule has 2 heterocycles. The molecule has 2 nitrogen and oxygen atoms in total. The van der Waals surface area contributed by atoms with Crippen molar-refractivity contribution in [1.82, 2.24) is 4.40 Å². The number of aldehydes is 1. The van der Waals surface area contributed by atoms with E-state index in [1.807, 2.05) is 82.6 Å². The maximum atomic E-state index is 10.4. The third kappa shape index (κ3) is 5.91. The summed E-state index contributed by atoms with van der Waals surface area (Å²) in [6.07, 6.45) is 4.58. The van der Waals surface area contributed by atoms with E-state index in [9.17, 15) is 4.79 Å². The molecular formula is C15H25NO. The lowest BCUT2D eigenvalue weighted by molar-refractivity contribution is 0.112. The summed E-state index contributed by atoms with van der Waals surface area (Å²) >= 11 is 0. The molecule has 0 atom stereocenters. The topological polar surface area (TPSA) is 21.5 Å². The van der Waals surface area contributed by atoms with Gasteiger partial charge in [-0.25, -0.2) is 0 Å². The summed E-state index contributed by atoms with van der Waals surface area (Å²) in [5.41, 5.74) is 1.77. The number of hydrogen-bond donors (Lipinski definition) is 0. The number of rotatable bonds is 1. The van der Waals surface area contributed by atoms with E-state index in [1.165, 1.54) is 0 Å². The van der Waals surface area contributed by atoms with E-state index in [1.54, 1.807) is 0 Å². The van der Waals surface area contributed by atoms with Crippen LogP contribution in [0.4, 0.5) is 0 Å². The molecule has 2 aromatic heterocycles. The predicted molar refractivity (Wildman–Crippen MR) is 76.8 cm³/mol. The third-order valence-electron chi connectivity index (χ3n) is 1.66. The van der Waals surface area contributed by atoms with Gasteiger partial charge in [0.2, 0.25) is 0 Å². The smallest absolute Gasteiger partial charge is 0.151 e. The molecular weight excluding hydrogens is 210 g/mol. The number of pyridine rings is 1. The van der Waals surface area contributed by atoms with Crippen LogP contribution in [0.25, 0.3) is 5.52 Å². The van der Waals surface area contributed by atoms with Gasteiger partial charge < -0.3 is 4.40 Å². The Labute approximate surface area is 105 Å². The van der Waals surface area contributed by atoms with Gasteiger partial charge in [-0.3, -0.25) is 4.79 Å². The minimum atomic E-state index is 0.719. The van der Waals surface area contributed by atoms with Gasteiger partial charge in [0.15, 0.2) is 6.29 Å². The second-order valence-corrected chi connectivity index (χ2v) is 2.42. The van der Waals surface area contributed by atoms with Gasteiger partial charge in [-0.2, -0.15) is 0 Å². The van der Waals surface area contributed by atoms with Crippen molar-refractivity contribution < 1.29 is 4.79 Å². The molecule has 0 aliphatic heterocycles. The lowest BCUT2D eigenvalue weighted by Gasteiger charge is -1.88. The second kappa shape index (κ2) is 12.5. The van der Waals surface area contributed by atoms with E-state index in [2.05, 4.69) is 0 Å². The van der Waals surface area contributed by atoms with Crippen LogP contribution in [0.2, 0.25) is 0 Å². The Balaban J connectivity index is 0. The van der Waals surface area contributed by atoms with Crippen LogP contribution < -0.4 is 0 Å². The molecule has 0 unspecified atom stereocenters. The first-order valence-electron chi connectivity index (χ1n) is 6.42. The molecule has 0 amide bonds. The van der Waals surface area contributed by atoms with Crippen molar-refractivity contribution in [3.8, 4) is 0 Å². The molecule has 2 aromatic rings. The number of hydrogen-bond acceptors (Lipinski definition) is 1. The van der Waals surface area contributed by atoms with Crippen LogP contribution in [0.1, 0.15) is 51.9 Å². The maximum Gasteiger partial charge on any atom is 0.151 e. The average molecular weight is 235 g/mol. The molecule has 0 fully saturated rings. The van der Waals surface area contributed by atoms with E-state index in [4.69, 9.17) is 0 Å². The fraction of sp³-hybridized carbons (Fsp3) is 0.400. The van der Waals surface area contributed by atoms with E-state index >= 15 is 0 Å². The minimum absolute atomic E-state index is 0.719. The molecule has 0 radical (unpaired) electrons. The third-order valence-corrected chi connectivity index (χ3v) is 1.66. The number of aromatic nitrogens is 1. The normalized spacial score (nSPS) is 7.65. The zero-order chi connectivity index (χ0) is 13.7. The Bertz CT molecular complexity index is 357. The van der Waals surface area contributed by atoms with Gasteiger partial charge in [0, 0.05) is 23.5 Å². The quantitative estimate of drug-likeness (QED) is 0.649. The Hall–Kier alpha value is -1.57. The standard InChI is InChI=1S/C9H7NO.3C2H6/c11-7-8-5-9-3-1-2-4-10(9)6-8;3*1-2/h1-7H;3*1-2H3. The molecule has 2 rings (SSSR count). The monoisotopic (exact) mass is 235 g/mol. The summed E-state index contributed by atoms with van der Waals surface area (Å²) in [5, 5.41) is 0. The SMILES string of the molecule is CC.CC.CC.O=Cc1cc2ccccn2c1. The highest BCUT2D eigenvalue weighted by atomic mass is 16.1. The van der Waals surface area contributed by atoms with E-state index in [0.29, 0.717) is 0 Å². The average Bonchev–Trinajstić information content (AvgIpc) is 2.88. The fourth-order valence-corrected chi connectivity index (χ4v) is 1.14. The first-order valence-corrected chi connectivity index (χ1v) is 6.42. The highest BCUT2D eigenvalue weighted by molar-refractivity contribution is 5.78.